The van der Waals surface area contributed by atoms with Crippen molar-refractivity contribution in [1.82, 2.24) is 25.4 Å². The van der Waals surface area contributed by atoms with Gasteiger partial charge in [0, 0.05) is 25.0 Å². The molecule has 0 aromatic carbocycles. The zero-order valence-electron chi connectivity index (χ0n) is 16.0. The third-order valence-electron chi connectivity index (χ3n) is 4.51. The standard InChI is InChI=1S/C19H29N5O/c1-12(2)18(17-9-7-8-10-20-17)22-19(25)21-13(3)11-16-14(4)23-24(6)15(16)5/h7-10,12-13,18H,11H2,1-6H3,(H2,21,22,25)/t13-,18+/m0/s1. The molecule has 0 spiro atoms. The highest BCUT2D eigenvalue weighted by atomic mass is 16.2. The molecule has 2 aromatic heterocycles. The highest BCUT2D eigenvalue weighted by Crippen LogP contribution is 2.19. The molecule has 0 aliphatic rings. The summed E-state index contributed by atoms with van der Waals surface area (Å²) in [4.78, 5) is 16.8. The number of carbonyl (C=O) groups is 1. The van der Waals surface area contributed by atoms with E-state index in [4.69, 9.17) is 0 Å². The maximum atomic E-state index is 12.4. The topological polar surface area (TPSA) is 71.8 Å². The van der Waals surface area contributed by atoms with Crippen molar-refractivity contribution in [2.24, 2.45) is 13.0 Å². The van der Waals surface area contributed by atoms with Crippen molar-refractivity contribution >= 4 is 6.03 Å². The summed E-state index contributed by atoms with van der Waals surface area (Å²) in [7, 11) is 1.94. The molecule has 0 saturated carbocycles. The van der Waals surface area contributed by atoms with Crippen molar-refractivity contribution in [1.29, 1.82) is 0 Å². The highest BCUT2D eigenvalue weighted by Gasteiger charge is 2.21. The molecule has 6 heteroatoms. The minimum atomic E-state index is -0.170. The van der Waals surface area contributed by atoms with Crippen LogP contribution < -0.4 is 10.6 Å². The molecule has 0 aliphatic carbocycles. The molecule has 2 aromatic rings. The van der Waals surface area contributed by atoms with Crippen LogP contribution in [0, 0.1) is 19.8 Å². The van der Waals surface area contributed by atoms with E-state index in [-0.39, 0.29) is 24.0 Å². The smallest absolute Gasteiger partial charge is 0.315 e. The number of aryl methyl sites for hydroxylation is 2. The predicted octanol–water partition coefficient (Wildman–Crippen LogP) is 3.06. The van der Waals surface area contributed by atoms with Gasteiger partial charge in [0.15, 0.2) is 0 Å². The van der Waals surface area contributed by atoms with E-state index in [0.29, 0.717) is 0 Å². The van der Waals surface area contributed by atoms with Crippen molar-refractivity contribution in [2.75, 3.05) is 0 Å². The van der Waals surface area contributed by atoms with Gasteiger partial charge in [0.2, 0.25) is 0 Å². The van der Waals surface area contributed by atoms with Gasteiger partial charge >= 0.3 is 6.03 Å². The lowest BCUT2D eigenvalue weighted by atomic mass is 10.0. The summed E-state index contributed by atoms with van der Waals surface area (Å²) < 4.78 is 1.88. The predicted molar refractivity (Wildman–Crippen MR) is 99.3 cm³/mol. The fourth-order valence-electron chi connectivity index (χ4n) is 3.02. The summed E-state index contributed by atoms with van der Waals surface area (Å²) in [6.07, 6.45) is 2.51. The summed E-state index contributed by atoms with van der Waals surface area (Å²) in [5, 5.41) is 10.5. The number of hydrogen-bond donors (Lipinski definition) is 2. The monoisotopic (exact) mass is 343 g/mol. The largest absolute Gasteiger partial charge is 0.335 e. The molecule has 0 fully saturated rings. The number of aromatic nitrogens is 3. The Bertz CT molecular complexity index is 708. The summed E-state index contributed by atoms with van der Waals surface area (Å²) >= 11 is 0. The third-order valence-corrected chi connectivity index (χ3v) is 4.51. The Kier molecular flexibility index (Phi) is 6.17. The number of amides is 2. The van der Waals surface area contributed by atoms with Crippen LogP contribution in [-0.2, 0) is 13.5 Å². The third kappa shape index (κ3) is 4.81. The molecule has 2 amide bonds. The molecule has 6 nitrogen and oxygen atoms in total. The first-order chi connectivity index (χ1) is 11.8. The van der Waals surface area contributed by atoms with Crippen molar-refractivity contribution < 1.29 is 4.79 Å². The lowest BCUT2D eigenvalue weighted by molar-refractivity contribution is 0.229. The first-order valence-electron chi connectivity index (χ1n) is 8.76. The van der Waals surface area contributed by atoms with Gasteiger partial charge in [-0.15, -0.1) is 0 Å². The number of carbonyl (C=O) groups excluding carboxylic acids is 1. The van der Waals surface area contributed by atoms with Gasteiger partial charge in [0.05, 0.1) is 17.4 Å². The summed E-state index contributed by atoms with van der Waals surface area (Å²) in [5.41, 5.74) is 4.22. The zero-order chi connectivity index (χ0) is 18.6. The number of nitrogens with zero attached hydrogens (tertiary/aromatic N) is 3. The van der Waals surface area contributed by atoms with Gasteiger partial charge in [-0.2, -0.15) is 5.10 Å². The minimum Gasteiger partial charge on any atom is -0.335 e. The van der Waals surface area contributed by atoms with Crippen molar-refractivity contribution in [3.05, 3.63) is 47.0 Å². The Morgan fingerprint density at radius 1 is 1.20 bits per heavy atom. The van der Waals surface area contributed by atoms with E-state index >= 15 is 0 Å². The molecule has 136 valence electrons. The fraction of sp³-hybridized carbons (Fsp3) is 0.526. The molecule has 0 radical (unpaired) electrons. The number of nitrogens with one attached hydrogen (secondary N) is 2. The molecular formula is C19H29N5O. The van der Waals surface area contributed by atoms with Gasteiger partial charge in [0.25, 0.3) is 0 Å². The number of hydrogen-bond acceptors (Lipinski definition) is 3. The normalized spacial score (nSPS) is 13.6. The Morgan fingerprint density at radius 3 is 2.44 bits per heavy atom. The van der Waals surface area contributed by atoms with Crippen LogP contribution in [0.1, 0.15) is 49.5 Å². The van der Waals surface area contributed by atoms with Crippen LogP contribution in [0.15, 0.2) is 24.4 Å². The molecule has 0 saturated heterocycles. The Morgan fingerprint density at radius 2 is 1.92 bits per heavy atom. The second kappa shape index (κ2) is 8.14. The van der Waals surface area contributed by atoms with Crippen molar-refractivity contribution in [3.63, 3.8) is 0 Å². The van der Waals surface area contributed by atoms with Crippen LogP contribution >= 0.6 is 0 Å². The van der Waals surface area contributed by atoms with E-state index in [9.17, 15) is 4.79 Å². The van der Waals surface area contributed by atoms with Crippen molar-refractivity contribution in [2.45, 2.75) is 53.1 Å². The van der Waals surface area contributed by atoms with Crippen LogP contribution in [-0.4, -0.2) is 26.8 Å². The van der Waals surface area contributed by atoms with Crippen LogP contribution in [0.5, 0.6) is 0 Å². The van der Waals surface area contributed by atoms with E-state index in [1.165, 1.54) is 5.56 Å². The van der Waals surface area contributed by atoms with E-state index in [2.05, 4.69) is 41.5 Å². The van der Waals surface area contributed by atoms with Crippen LogP contribution in [0.2, 0.25) is 0 Å². The van der Waals surface area contributed by atoms with Crippen LogP contribution in [0.3, 0.4) is 0 Å². The first-order valence-corrected chi connectivity index (χ1v) is 8.76. The van der Waals surface area contributed by atoms with Crippen LogP contribution in [0.4, 0.5) is 4.79 Å². The Balaban J connectivity index is 1.98. The second-order valence-corrected chi connectivity index (χ2v) is 6.97. The molecule has 2 heterocycles. The van der Waals surface area contributed by atoms with E-state index in [1.54, 1.807) is 6.20 Å². The molecule has 2 atom stereocenters. The maximum Gasteiger partial charge on any atom is 0.315 e. The number of urea groups is 1. The molecular weight excluding hydrogens is 314 g/mol. The summed E-state index contributed by atoms with van der Waals surface area (Å²) in [5.74, 6) is 0.249. The van der Waals surface area contributed by atoms with E-state index < -0.39 is 0 Å². The molecule has 2 rings (SSSR count). The molecule has 2 N–H and O–H groups in total. The quantitative estimate of drug-likeness (QED) is 0.847. The van der Waals surface area contributed by atoms with Gasteiger partial charge in [-0.3, -0.25) is 9.67 Å². The van der Waals surface area contributed by atoms with Gasteiger partial charge in [-0.1, -0.05) is 19.9 Å². The van der Waals surface area contributed by atoms with Crippen LogP contribution in [0.25, 0.3) is 0 Å². The Labute approximate surface area is 150 Å². The molecule has 0 bridgehead atoms. The first kappa shape index (κ1) is 19.0. The van der Waals surface area contributed by atoms with Gasteiger partial charge in [-0.05, 0) is 50.8 Å². The SMILES string of the molecule is Cc1nn(C)c(C)c1C[C@H](C)NC(=O)N[C@@H](c1ccccn1)C(C)C. The fourth-order valence-corrected chi connectivity index (χ4v) is 3.02. The van der Waals surface area contributed by atoms with Gasteiger partial charge < -0.3 is 10.6 Å². The van der Waals surface area contributed by atoms with E-state index in [1.807, 2.05) is 43.8 Å². The summed E-state index contributed by atoms with van der Waals surface area (Å²) in [6, 6.07) is 5.48. The van der Waals surface area contributed by atoms with Crippen molar-refractivity contribution in [3.8, 4) is 0 Å². The molecule has 0 aliphatic heterocycles. The maximum absolute atomic E-state index is 12.4. The average molecular weight is 343 g/mol. The van der Waals surface area contributed by atoms with E-state index in [0.717, 1.165) is 23.5 Å². The Hall–Kier alpha value is -2.37. The molecule has 0 unspecified atom stereocenters. The number of rotatable bonds is 6. The number of pyridine rings is 1. The average Bonchev–Trinajstić information content (AvgIpc) is 2.79. The lowest BCUT2D eigenvalue weighted by Gasteiger charge is -2.23. The minimum absolute atomic E-state index is 0.0122. The summed E-state index contributed by atoms with van der Waals surface area (Å²) in [6.45, 7) is 10.2. The highest BCUT2D eigenvalue weighted by molar-refractivity contribution is 5.74. The second-order valence-electron chi connectivity index (χ2n) is 6.97. The lowest BCUT2D eigenvalue weighted by Crippen LogP contribution is -2.44. The zero-order valence-corrected chi connectivity index (χ0v) is 16.0. The van der Waals surface area contributed by atoms with Gasteiger partial charge in [0.1, 0.15) is 0 Å². The van der Waals surface area contributed by atoms with Gasteiger partial charge in [-0.25, -0.2) is 4.79 Å². The molecule has 25 heavy (non-hydrogen) atoms.